The van der Waals surface area contributed by atoms with Gasteiger partial charge < -0.3 is 10.2 Å². The Morgan fingerprint density at radius 1 is 1.25 bits per heavy atom. The lowest BCUT2D eigenvalue weighted by atomic mass is 10.1. The molecule has 0 bridgehead atoms. The second kappa shape index (κ2) is 7.05. The Hall–Kier alpha value is -1.88. The van der Waals surface area contributed by atoms with Crippen molar-refractivity contribution in [3.63, 3.8) is 0 Å². The van der Waals surface area contributed by atoms with E-state index in [0.717, 1.165) is 19.5 Å². The van der Waals surface area contributed by atoms with Crippen LogP contribution in [0.25, 0.3) is 0 Å². The van der Waals surface area contributed by atoms with Crippen molar-refractivity contribution in [2.24, 2.45) is 0 Å². The summed E-state index contributed by atoms with van der Waals surface area (Å²) < 4.78 is 1.86. The Morgan fingerprint density at radius 2 is 2.00 bits per heavy atom. The molecule has 0 aliphatic heterocycles. The number of aryl methyl sites for hydroxylation is 1. The predicted octanol–water partition coefficient (Wildman–Crippen LogP) is 2.08. The van der Waals surface area contributed by atoms with Crippen molar-refractivity contribution in [3.05, 3.63) is 42.2 Å². The fourth-order valence-electron chi connectivity index (χ4n) is 2.09. The Labute approximate surface area is 120 Å². The minimum Gasteiger partial charge on any atom is -0.378 e. The molecule has 0 amide bonds. The molecule has 0 aliphatic rings. The SMILES string of the molecule is CC(NCCCn1ccnn1)c1ccc(N(C)C)cc1. The molecule has 0 radical (unpaired) electrons. The normalized spacial score (nSPS) is 12.3. The molecule has 1 aromatic carbocycles. The van der Waals surface area contributed by atoms with Gasteiger partial charge in [0.15, 0.2) is 0 Å². The molecular formula is C15H23N5. The monoisotopic (exact) mass is 273 g/mol. The molecule has 108 valence electrons. The molecular weight excluding hydrogens is 250 g/mol. The van der Waals surface area contributed by atoms with Crippen LogP contribution in [0.2, 0.25) is 0 Å². The molecule has 1 unspecified atom stereocenters. The largest absolute Gasteiger partial charge is 0.378 e. The van der Waals surface area contributed by atoms with E-state index in [9.17, 15) is 0 Å². The quantitative estimate of drug-likeness (QED) is 0.785. The summed E-state index contributed by atoms with van der Waals surface area (Å²) in [6.45, 7) is 4.07. The topological polar surface area (TPSA) is 46.0 Å². The number of benzene rings is 1. The van der Waals surface area contributed by atoms with Crippen molar-refractivity contribution in [1.29, 1.82) is 0 Å². The van der Waals surface area contributed by atoms with Gasteiger partial charge in [0.1, 0.15) is 0 Å². The van der Waals surface area contributed by atoms with Crippen LogP contribution >= 0.6 is 0 Å². The van der Waals surface area contributed by atoms with Gasteiger partial charge in [0.05, 0.1) is 6.20 Å². The maximum absolute atomic E-state index is 3.95. The van der Waals surface area contributed by atoms with Crippen molar-refractivity contribution in [2.75, 3.05) is 25.5 Å². The summed E-state index contributed by atoms with van der Waals surface area (Å²) in [6, 6.07) is 9.04. The number of hydrogen-bond acceptors (Lipinski definition) is 4. The van der Waals surface area contributed by atoms with Crippen LogP contribution in [0.4, 0.5) is 5.69 Å². The summed E-state index contributed by atoms with van der Waals surface area (Å²) in [7, 11) is 4.11. The average Bonchev–Trinajstić information content (AvgIpc) is 2.96. The molecule has 0 saturated heterocycles. The number of aromatic nitrogens is 3. The van der Waals surface area contributed by atoms with Gasteiger partial charge in [-0.15, -0.1) is 5.10 Å². The minimum atomic E-state index is 0.363. The van der Waals surface area contributed by atoms with Gasteiger partial charge in [-0.3, -0.25) is 4.68 Å². The summed E-state index contributed by atoms with van der Waals surface area (Å²) in [6.07, 6.45) is 4.65. The zero-order valence-corrected chi connectivity index (χ0v) is 12.5. The van der Waals surface area contributed by atoms with Gasteiger partial charge in [0, 0.05) is 38.6 Å². The van der Waals surface area contributed by atoms with Crippen LogP contribution in [0.5, 0.6) is 0 Å². The second-order valence-electron chi connectivity index (χ2n) is 5.18. The van der Waals surface area contributed by atoms with Gasteiger partial charge in [-0.1, -0.05) is 17.3 Å². The zero-order chi connectivity index (χ0) is 14.4. The number of hydrogen-bond donors (Lipinski definition) is 1. The highest BCUT2D eigenvalue weighted by Gasteiger charge is 2.04. The maximum atomic E-state index is 3.95. The first-order valence-electron chi connectivity index (χ1n) is 7.01. The lowest BCUT2D eigenvalue weighted by molar-refractivity contribution is 0.499. The van der Waals surface area contributed by atoms with E-state index in [2.05, 4.69) is 65.8 Å². The fraction of sp³-hybridized carbons (Fsp3) is 0.467. The van der Waals surface area contributed by atoms with Crippen LogP contribution in [-0.4, -0.2) is 35.6 Å². The van der Waals surface area contributed by atoms with Crippen molar-refractivity contribution >= 4 is 5.69 Å². The van der Waals surface area contributed by atoms with Crippen LogP contribution in [-0.2, 0) is 6.54 Å². The standard InChI is InChI=1S/C15H23N5/c1-13(14-5-7-15(8-6-14)19(2)3)16-9-4-11-20-12-10-17-18-20/h5-8,10,12-13,16H,4,9,11H2,1-3H3. The third-order valence-corrected chi connectivity index (χ3v) is 3.40. The second-order valence-corrected chi connectivity index (χ2v) is 5.18. The molecule has 1 N–H and O–H groups in total. The third-order valence-electron chi connectivity index (χ3n) is 3.40. The van der Waals surface area contributed by atoms with E-state index in [1.54, 1.807) is 6.20 Å². The Kier molecular flexibility index (Phi) is 5.12. The lowest BCUT2D eigenvalue weighted by Gasteiger charge is -2.17. The summed E-state index contributed by atoms with van der Waals surface area (Å²) in [5.41, 5.74) is 2.54. The highest BCUT2D eigenvalue weighted by Crippen LogP contribution is 2.17. The van der Waals surface area contributed by atoms with Crippen molar-refractivity contribution in [1.82, 2.24) is 20.3 Å². The molecule has 0 aliphatic carbocycles. The molecule has 0 fully saturated rings. The van der Waals surface area contributed by atoms with Crippen molar-refractivity contribution < 1.29 is 0 Å². The third kappa shape index (κ3) is 4.06. The van der Waals surface area contributed by atoms with Crippen molar-refractivity contribution in [3.8, 4) is 0 Å². The highest BCUT2D eigenvalue weighted by atomic mass is 15.4. The summed E-state index contributed by atoms with van der Waals surface area (Å²) in [5.74, 6) is 0. The highest BCUT2D eigenvalue weighted by molar-refractivity contribution is 5.46. The number of nitrogens with zero attached hydrogens (tertiary/aromatic N) is 4. The van der Waals surface area contributed by atoms with E-state index in [-0.39, 0.29) is 0 Å². The molecule has 2 rings (SSSR count). The zero-order valence-electron chi connectivity index (χ0n) is 12.5. The van der Waals surface area contributed by atoms with Gasteiger partial charge in [0.25, 0.3) is 0 Å². The summed E-state index contributed by atoms with van der Waals surface area (Å²) in [4.78, 5) is 2.11. The van der Waals surface area contributed by atoms with Crippen LogP contribution in [0.1, 0.15) is 24.9 Å². The fourth-order valence-corrected chi connectivity index (χ4v) is 2.09. The first-order chi connectivity index (χ1) is 9.66. The molecule has 1 atom stereocenters. The molecule has 5 heteroatoms. The minimum absolute atomic E-state index is 0.363. The van der Waals surface area contributed by atoms with E-state index >= 15 is 0 Å². The molecule has 1 heterocycles. The van der Waals surface area contributed by atoms with E-state index in [1.807, 2.05) is 10.9 Å². The maximum Gasteiger partial charge on any atom is 0.0692 e. The van der Waals surface area contributed by atoms with Crippen LogP contribution < -0.4 is 10.2 Å². The van der Waals surface area contributed by atoms with Crippen LogP contribution in [0, 0.1) is 0 Å². The lowest BCUT2D eigenvalue weighted by Crippen LogP contribution is -2.21. The Bertz CT molecular complexity index is 489. The first-order valence-corrected chi connectivity index (χ1v) is 7.01. The van der Waals surface area contributed by atoms with Crippen LogP contribution in [0.3, 0.4) is 0 Å². The van der Waals surface area contributed by atoms with Gasteiger partial charge in [-0.05, 0) is 37.6 Å². The molecule has 1 aromatic heterocycles. The van der Waals surface area contributed by atoms with Gasteiger partial charge in [0.2, 0.25) is 0 Å². The predicted molar refractivity (Wildman–Crippen MR) is 81.8 cm³/mol. The first kappa shape index (κ1) is 14.5. The number of anilines is 1. The number of nitrogens with one attached hydrogen (secondary N) is 1. The average molecular weight is 273 g/mol. The smallest absolute Gasteiger partial charge is 0.0692 e. The van der Waals surface area contributed by atoms with E-state index in [4.69, 9.17) is 0 Å². The molecule has 2 aromatic rings. The molecule has 20 heavy (non-hydrogen) atoms. The Morgan fingerprint density at radius 3 is 2.60 bits per heavy atom. The van der Waals surface area contributed by atoms with E-state index < -0.39 is 0 Å². The summed E-state index contributed by atoms with van der Waals surface area (Å²) >= 11 is 0. The van der Waals surface area contributed by atoms with E-state index in [1.165, 1.54) is 11.3 Å². The molecule has 5 nitrogen and oxygen atoms in total. The number of rotatable bonds is 7. The summed E-state index contributed by atoms with van der Waals surface area (Å²) in [5, 5.41) is 11.3. The Balaban J connectivity index is 1.75. The van der Waals surface area contributed by atoms with Crippen molar-refractivity contribution in [2.45, 2.75) is 25.9 Å². The molecule has 0 saturated carbocycles. The van der Waals surface area contributed by atoms with E-state index in [0.29, 0.717) is 6.04 Å². The van der Waals surface area contributed by atoms with Gasteiger partial charge in [-0.25, -0.2) is 0 Å². The molecule has 0 spiro atoms. The van der Waals surface area contributed by atoms with Gasteiger partial charge >= 0.3 is 0 Å². The van der Waals surface area contributed by atoms with Gasteiger partial charge in [-0.2, -0.15) is 0 Å². The van der Waals surface area contributed by atoms with Crippen LogP contribution in [0.15, 0.2) is 36.7 Å².